The fourth-order valence-electron chi connectivity index (χ4n) is 3.29. The van der Waals surface area contributed by atoms with Gasteiger partial charge in [-0.25, -0.2) is 0 Å². The molecule has 3 rings (SSSR count). The minimum atomic E-state index is -0.279. The second-order valence-electron chi connectivity index (χ2n) is 6.47. The second kappa shape index (κ2) is 8.03. The number of carbonyl (C=O) groups is 1. The molecule has 1 atom stereocenters. The summed E-state index contributed by atoms with van der Waals surface area (Å²) in [6.45, 7) is 4.58. The van der Waals surface area contributed by atoms with Crippen molar-refractivity contribution in [2.24, 2.45) is 0 Å². The van der Waals surface area contributed by atoms with E-state index in [1.807, 2.05) is 48.2 Å². The number of para-hydroxylation sites is 1. The molecule has 5 heteroatoms. The molecule has 2 aromatic rings. The summed E-state index contributed by atoms with van der Waals surface area (Å²) in [5.41, 5.74) is 2.76. The third-order valence-electron chi connectivity index (χ3n) is 4.82. The Morgan fingerprint density at radius 2 is 1.73 bits per heavy atom. The molecule has 0 radical (unpaired) electrons. The highest BCUT2D eigenvalue weighted by Crippen LogP contribution is 2.24. The Balaban J connectivity index is 1.67. The number of aryl methyl sites for hydroxylation is 1. The van der Waals surface area contributed by atoms with Crippen LogP contribution in [0.3, 0.4) is 0 Å². The Kier molecular flexibility index (Phi) is 5.55. The minimum absolute atomic E-state index is 0.0223. The summed E-state index contributed by atoms with van der Waals surface area (Å²) in [5, 5.41) is 9.63. The molecule has 2 aromatic carbocycles. The number of hydrogen-bond acceptors (Lipinski definition) is 4. The largest absolute Gasteiger partial charge is 0.496 e. The summed E-state index contributed by atoms with van der Waals surface area (Å²) >= 11 is 0. The first-order valence-electron chi connectivity index (χ1n) is 8.76. The maximum Gasteiger partial charge on any atom is 0.257 e. The van der Waals surface area contributed by atoms with E-state index in [1.165, 1.54) is 5.56 Å². The van der Waals surface area contributed by atoms with E-state index >= 15 is 0 Å². The zero-order valence-electron chi connectivity index (χ0n) is 15.2. The van der Waals surface area contributed by atoms with Gasteiger partial charge in [-0.1, -0.05) is 42.0 Å². The maximum absolute atomic E-state index is 12.8. The lowest BCUT2D eigenvalue weighted by Crippen LogP contribution is -2.49. The highest BCUT2D eigenvalue weighted by Gasteiger charge is 2.28. The molecule has 5 nitrogen and oxygen atoms in total. The number of methoxy groups -OCH3 is 1. The van der Waals surface area contributed by atoms with Crippen LogP contribution in [0.4, 0.5) is 0 Å². The van der Waals surface area contributed by atoms with E-state index < -0.39 is 0 Å². The van der Waals surface area contributed by atoms with E-state index in [4.69, 9.17) is 4.74 Å². The molecule has 1 aliphatic rings. The van der Waals surface area contributed by atoms with E-state index in [2.05, 4.69) is 11.0 Å². The Morgan fingerprint density at radius 1 is 1.08 bits per heavy atom. The minimum Gasteiger partial charge on any atom is -0.496 e. The highest BCUT2D eigenvalue weighted by molar-refractivity contribution is 5.97. The molecular formula is C21H23N3O2. The summed E-state index contributed by atoms with van der Waals surface area (Å²) in [6, 6.07) is 17.5. The molecule has 1 amide bonds. The molecular weight excluding hydrogens is 326 g/mol. The van der Waals surface area contributed by atoms with Gasteiger partial charge in [0, 0.05) is 26.2 Å². The number of hydrogen-bond donors (Lipinski definition) is 0. The van der Waals surface area contributed by atoms with Crippen molar-refractivity contribution in [1.82, 2.24) is 9.80 Å². The van der Waals surface area contributed by atoms with Crippen LogP contribution in [0.1, 0.15) is 27.5 Å². The SMILES string of the molecule is COc1ccccc1C(=O)N1CCN(C(C#N)c2ccc(C)cc2)CC1. The normalized spacial score (nSPS) is 16.0. The third kappa shape index (κ3) is 3.71. The molecule has 26 heavy (non-hydrogen) atoms. The van der Waals surface area contributed by atoms with Gasteiger partial charge in [0.25, 0.3) is 5.91 Å². The Bertz CT molecular complexity index is 803. The van der Waals surface area contributed by atoms with Crippen molar-refractivity contribution in [3.63, 3.8) is 0 Å². The first kappa shape index (κ1) is 18.0. The predicted octanol–water partition coefficient (Wildman–Crippen LogP) is 3.03. The number of amides is 1. The van der Waals surface area contributed by atoms with Gasteiger partial charge in [-0.05, 0) is 24.6 Å². The number of nitrogens with zero attached hydrogens (tertiary/aromatic N) is 3. The molecule has 0 N–H and O–H groups in total. The summed E-state index contributed by atoms with van der Waals surface area (Å²) in [5.74, 6) is 0.570. The van der Waals surface area contributed by atoms with Gasteiger partial charge < -0.3 is 9.64 Å². The van der Waals surface area contributed by atoms with E-state index in [0.29, 0.717) is 37.5 Å². The maximum atomic E-state index is 12.8. The Hall–Kier alpha value is -2.84. The fourth-order valence-corrected chi connectivity index (χ4v) is 3.29. The summed E-state index contributed by atoms with van der Waals surface area (Å²) < 4.78 is 5.30. The number of carbonyl (C=O) groups excluding carboxylic acids is 1. The average molecular weight is 349 g/mol. The standard InChI is InChI=1S/C21H23N3O2/c1-16-7-9-17(10-8-16)19(15-22)23-11-13-24(14-12-23)21(25)18-5-3-4-6-20(18)26-2/h3-10,19H,11-14H2,1-2H3. The van der Waals surface area contributed by atoms with Crippen LogP contribution in [0, 0.1) is 18.3 Å². The van der Waals surface area contributed by atoms with Crippen LogP contribution in [0.15, 0.2) is 48.5 Å². The number of benzene rings is 2. The van der Waals surface area contributed by atoms with Gasteiger partial charge in [-0.3, -0.25) is 9.69 Å². The predicted molar refractivity (Wildman–Crippen MR) is 100 cm³/mol. The molecule has 0 aliphatic carbocycles. The van der Waals surface area contributed by atoms with Crippen molar-refractivity contribution in [1.29, 1.82) is 5.26 Å². The van der Waals surface area contributed by atoms with Crippen LogP contribution < -0.4 is 4.74 Å². The van der Waals surface area contributed by atoms with Crippen LogP contribution in [0.5, 0.6) is 5.75 Å². The van der Waals surface area contributed by atoms with Gasteiger partial charge in [-0.2, -0.15) is 5.26 Å². The molecule has 1 fully saturated rings. The van der Waals surface area contributed by atoms with E-state index in [1.54, 1.807) is 19.2 Å². The van der Waals surface area contributed by atoms with Crippen LogP contribution in [-0.4, -0.2) is 49.0 Å². The van der Waals surface area contributed by atoms with Gasteiger partial charge >= 0.3 is 0 Å². The molecule has 0 spiro atoms. The number of nitriles is 1. The summed E-state index contributed by atoms with van der Waals surface area (Å²) in [7, 11) is 1.57. The third-order valence-corrected chi connectivity index (χ3v) is 4.82. The molecule has 1 aliphatic heterocycles. The van der Waals surface area contributed by atoms with Crippen LogP contribution in [0.2, 0.25) is 0 Å². The van der Waals surface area contributed by atoms with Crippen LogP contribution >= 0.6 is 0 Å². The van der Waals surface area contributed by atoms with E-state index in [0.717, 1.165) is 5.56 Å². The van der Waals surface area contributed by atoms with Gasteiger partial charge in [0.15, 0.2) is 0 Å². The quantitative estimate of drug-likeness (QED) is 0.851. The monoisotopic (exact) mass is 349 g/mol. The number of rotatable bonds is 4. The molecule has 0 saturated carbocycles. The molecule has 1 saturated heterocycles. The van der Waals surface area contributed by atoms with Crippen molar-refractivity contribution in [3.05, 3.63) is 65.2 Å². The number of ether oxygens (including phenoxy) is 1. The zero-order chi connectivity index (χ0) is 18.5. The fraction of sp³-hybridized carbons (Fsp3) is 0.333. The summed E-state index contributed by atoms with van der Waals surface area (Å²) in [4.78, 5) is 16.8. The van der Waals surface area contributed by atoms with Gasteiger partial charge in [-0.15, -0.1) is 0 Å². The molecule has 1 heterocycles. The Morgan fingerprint density at radius 3 is 2.35 bits per heavy atom. The van der Waals surface area contributed by atoms with Crippen molar-refractivity contribution in [3.8, 4) is 11.8 Å². The van der Waals surface area contributed by atoms with Crippen molar-refractivity contribution in [2.45, 2.75) is 13.0 Å². The highest BCUT2D eigenvalue weighted by atomic mass is 16.5. The topological polar surface area (TPSA) is 56.6 Å². The van der Waals surface area contributed by atoms with Crippen molar-refractivity contribution in [2.75, 3.05) is 33.3 Å². The van der Waals surface area contributed by atoms with Crippen molar-refractivity contribution >= 4 is 5.91 Å². The van der Waals surface area contributed by atoms with Crippen molar-refractivity contribution < 1.29 is 9.53 Å². The lowest BCUT2D eigenvalue weighted by molar-refractivity contribution is 0.0603. The molecule has 0 bridgehead atoms. The number of piperazine rings is 1. The van der Waals surface area contributed by atoms with Gasteiger partial charge in [0.1, 0.15) is 11.8 Å². The lowest BCUT2D eigenvalue weighted by atomic mass is 10.0. The van der Waals surface area contributed by atoms with E-state index in [9.17, 15) is 10.1 Å². The first-order valence-corrected chi connectivity index (χ1v) is 8.76. The van der Waals surface area contributed by atoms with Gasteiger partial charge in [0.2, 0.25) is 0 Å². The lowest BCUT2D eigenvalue weighted by Gasteiger charge is -2.37. The summed E-state index contributed by atoms with van der Waals surface area (Å²) in [6.07, 6.45) is 0. The van der Waals surface area contributed by atoms with Crippen LogP contribution in [-0.2, 0) is 0 Å². The first-order chi connectivity index (χ1) is 12.6. The molecule has 1 unspecified atom stereocenters. The van der Waals surface area contributed by atoms with Gasteiger partial charge in [0.05, 0.1) is 18.7 Å². The van der Waals surface area contributed by atoms with E-state index in [-0.39, 0.29) is 11.9 Å². The second-order valence-corrected chi connectivity index (χ2v) is 6.47. The Labute approximate surface area is 154 Å². The zero-order valence-corrected chi connectivity index (χ0v) is 15.2. The molecule has 0 aromatic heterocycles. The average Bonchev–Trinajstić information content (AvgIpc) is 2.70. The smallest absolute Gasteiger partial charge is 0.257 e. The molecule has 134 valence electrons. The van der Waals surface area contributed by atoms with Crippen LogP contribution in [0.25, 0.3) is 0 Å².